The summed E-state index contributed by atoms with van der Waals surface area (Å²) in [6.45, 7) is 4.34. The van der Waals surface area contributed by atoms with E-state index in [0.29, 0.717) is 5.25 Å². The van der Waals surface area contributed by atoms with Gasteiger partial charge in [-0.25, -0.2) is 0 Å². The maximum atomic E-state index is 6.17. The van der Waals surface area contributed by atoms with Gasteiger partial charge in [-0.3, -0.25) is 0 Å². The number of methoxy groups -OCH3 is 2. The maximum absolute atomic E-state index is 6.17. The van der Waals surface area contributed by atoms with Gasteiger partial charge in [-0.15, -0.1) is 0 Å². The van der Waals surface area contributed by atoms with Crippen LogP contribution < -0.4 is 15.2 Å². The average Bonchev–Trinajstić information content (AvgIpc) is 2.34. The summed E-state index contributed by atoms with van der Waals surface area (Å²) in [7, 11) is 3.30. The smallest absolute Gasteiger partial charge is 0.127 e. The van der Waals surface area contributed by atoms with Crippen LogP contribution in [0.4, 0.5) is 0 Å². The molecule has 4 heteroatoms. The van der Waals surface area contributed by atoms with E-state index in [1.807, 2.05) is 30.0 Å². The van der Waals surface area contributed by atoms with Crippen LogP contribution in [0.25, 0.3) is 0 Å². The van der Waals surface area contributed by atoms with E-state index in [4.69, 9.17) is 15.2 Å². The zero-order chi connectivity index (χ0) is 12.8. The summed E-state index contributed by atoms with van der Waals surface area (Å²) in [5.41, 5.74) is 7.20. The van der Waals surface area contributed by atoms with Gasteiger partial charge >= 0.3 is 0 Å². The first-order chi connectivity index (χ1) is 8.08. The summed E-state index contributed by atoms with van der Waals surface area (Å²) < 4.78 is 10.5. The van der Waals surface area contributed by atoms with Gasteiger partial charge in [0.25, 0.3) is 0 Å². The Morgan fingerprint density at radius 2 is 1.94 bits per heavy atom. The van der Waals surface area contributed by atoms with E-state index in [1.54, 1.807) is 14.2 Å². The number of rotatable bonds is 6. The summed E-state index contributed by atoms with van der Waals surface area (Å²) in [6, 6.07) is 5.75. The summed E-state index contributed by atoms with van der Waals surface area (Å²) in [5.74, 6) is 2.47. The van der Waals surface area contributed by atoms with E-state index in [-0.39, 0.29) is 6.04 Å². The fraction of sp³-hybridized carbons (Fsp3) is 0.538. The zero-order valence-corrected chi connectivity index (χ0v) is 11.7. The van der Waals surface area contributed by atoms with Crippen molar-refractivity contribution in [2.75, 3.05) is 20.0 Å². The molecule has 0 saturated carbocycles. The minimum absolute atomic E-state index is 0.0109. The van der Waals surface area contributed by atoms with Crippen LogP contribution in [0.5, 0.6) is 11.5 Å². The molecule has 0 amide bonds. The lowest BCUT2D eigenvalue weighted by Crippen LogP contribution is -2.15. The third-order valence-corrected chi connectivity index (χ3v) is 3.67. The minimum Gasteiger partial charge on any atom is -0.497 e. The second-order valence-electron chi connectivity index (χ2n) is 4.10. The lowest BCUT2D eigenvalue weighted by atomic mass is 10.1. The summed E-state index contributed by atoms with van der Waals surface area (Å²) >= 11 is 1.85. The van der Waals surface area contributed by atoms with Crippen LogP contribution in [0.15, 0.2) is 18.2 Å². The van der Waals surface area contributed by atoms with Crippen LogP contribution in [0.2, 0.25) is 0 Å². The number of benzene rings is 1. The SMILES string of the molecule is COc1ccc(C(N)CSC(C)C)c(OC)c1. The maximum Gasteiger partial charge on any atom is 0.127 e. The number of ether oxygens (including phenoxy) is 2. The lowest BCUT2D eigenvalue weighted by molar-refractivity contribution is 0.389. The molecule has 1 atom stereocenters. The average molecular weight is 255 g/mol. The summed E-state index contributed by atoms with van der Waals surface area (Å²) in [6.07, 6.45) is 0. The molecule has 3 nitrogen and oxygen atoms in total. The largest absolute Gasteiger partial charge is 0.497 e. The quantitative estimate of drug-likeness (QED) is 0.849. The Morgan fingerprint density at radius 3 is 2.47 bits per heavy atom. The number of hydrogen-bond donors (Lipinski definition) is 1. The van der Waals surface area contributed by atoms with E-state index in [1.165, 1.54) is 0 Å². The highest BCUT2D eigenvalue weighted by Gasteiger charge is 2.13. The molecule has 0 radical (unpaired) electrons. The second kappa shape index (κ2) is 6.77. The Bertz CT molecular complexity index is 355. The Balaban J connectivity index is 2.81. The molecule has 0 aliphatic carbocycles. The van der Waals surface area contributed by atoms with Crippen molar-refractivity contribution in [1.29, 1.82) is 0 Å². The van der Waals surface area contributed by atoms with Crippen molar-refractivity contribution in [1.82, 2.24) is 0 Å². The predicted octanol–water partition coefficient (Wildman–Crippen LogP) is 2.85. The van der Waals surface area contributed by atoms with Crippen LogP contribution in [0.1, 0.15) is 25.5 Å². The van der Waals surface area contributed by atoms with E-state index in [9.17, 15) is 0 Å². The highest BCUT2D eigenvalue weighted by atomic mass is 32.2. The van der Waals surface area contributed by atoms with Gasteiger partial charge in [0.15, 0.2) is 0 Å². The number of nitrogens with two attached hydrogens (primary N) is 1. The molecule has 0 spiro atoms. The van der Waals surface area contributed by atoms with Gasteiger partial charge in [0, 0.05) is 23.4 Å². The van der Waals surface area contributed by atoms with Crippen molar-refractivity contribution in [3.05, 3.63) is 23.8 Å². The van der Waals surface area contributed by atoms with Gasteiger partial charge in [-0.1, -0.05) is 19.9 Å². The molecule has 2 N–H and O–H groups in total. The van der Waals surface area contributed by atoms with Crippen molar-refractivity contribution in [2.24, 2.45) is 5.73 Å². The van der Waals surface area contributed by atoms with Crippen LogP contribution in [-0.2, 0) is 0 Å². The zero-order valence-electron chi connectivity index (χ0n) is 10.9. The van der Waals surface area contributed by atoms with Crippen molar-refractivity contribution in [3.63, 3.8) is 0 Å². The molecule has 0 aliphatic heterocycles. The van der Waals surface area contributed by atoms with Crippen molar-refractivity contribution < 1.29 is 9.47 Å². The fourth-order valence-electron chi connectivity index (χ4n) is 1.51. The third-order valence-electron chi connectivity index (χ3n) is 2.45. The van der Waals surface area contributed by atoms with E-state index >= 15 is 0 Å². The van der Waals surface area contributed by atoms with Crippen molar-refractivity contribution in [2.45, 2.75) is 25.1 Å². The van der Waals surface area contributed by atoms with Crippen LogP contribution in [0.3, 0.4) is 0 Å². The normalized spacial score (nSPS) is 12.6. The highest BCUT2D eigenvalue weighted by molar-refractivity contribution is 7.99. The summed E-state index contributed by atoms with van der Waals surface area (Å²) in [4.78, 5) is 0. The van der Waals surface area contributed by atoms with Gasteiger partial charge in [0.1, 0.15) is 11.5 Å². The molecule has 0 aromatic heterocycles. The van der Waals surface area contributed by atoms with Gasteiger partial charge < -0.3 is 15.2 Å². The molecule has 1 rings (SSSR count). The van der Waals surface area contributed by atoms with Gasteiger partial charge in [-0.05, 0) is 11.3 Å². The van der Waals surface area contributed by atoms with E-state index in [0.717, 1.165) is 22.8 Å². The first-order valence-corrected chi connectivity index (χ1v) is 6.72. The first kappa shape index (κ1) is 14.2. The summed E-state index contributed by atoms with van der Waals surface area (Å²) in [5, 5.41) is 0.588. The molecule has 1 unspecified atom stereocenters. The molecule has 1 aromatic rings. The third kappa shape index (κ3) is 4.13. The molecule has 17 heavy (non-hydrogen) atoms. The minimum atomic E-state index is -0.0109. The monoisotopic (exact) mass is 255 g/mol. The lowest BCUT2D eigenvalue weighted by Gasteiger charge is -2.17. The Hall–Kier alpha value is -0.870. The van der Waals surface area contributed by atoms with Gasteiger partial charge in [0.05, 0.1) is 14.2 Å². The topological polar surface area (TPSA) is 44.5 Å². The Kier molecular flexibility index (Phi) is 5.65. The highest BCUT2D eigenvalue weighted by Crippen LogP contribution is 2.30. The van der Waals surface area contributed by atoms with Crippen LogP contribution >= 0.6 is 11.8 Å². The van der Waals surface area contributed by atoms with E-state index in [2.05, 4.69) is 13.8 Å². The molecule has 1 aromatic carbocycles. The van der Waals surface area contributed by atoms with E-state index < -0.39 is 0 Å². The van der Waals surface area contributed by atoms with Gasteiger partial charge in [0.2, 0.25) is 0 Å². The Morgan fingerprint density at radius 1 is 1.24 bits per heavy atom. The molecular formula is C13H21NO2S. The molecular weight excluding hydrogens is 234 g/mol. The van der Waals surface area contributed by atoms with Gasteiger partial charge in [-0.2, -0.15) is 11.8 Å². The standard InChI is InChI=1S/C13H21NO2S/c1-9(2)17-8-12(14)11-6-5-10(15-3)7-13(11)16-4/h5-7,9,12H,8,14H2,1-4H3. The second-order valence-corrected chi connectivity index (χ2v) is 5.71. The van der Waals surface area contributed by atoms with Crippen LogP contribution in [-0.4, -0.2) is 25.2 Å². The van der Waals surface area contributed by atoms with Crippen molar-refractivity contribution in [3.8, 4) is 11.5 Å². The number of thioether (sulfide) groups is 1. The van der Waals surface area contributed by atoms with Crippen molar-refractivity contribution >= 4 is 11.8 Å². The molecule has 0 aliphatic rings. The molecule has 0 fully saturated rings. The first-order valence-electron chi connectivity index (χ1n) is 5.67. The fourth-order valence-corrected chi connectivity index (χ4v) is 2.28. The molecule has 0 saturated heterocycles. The number of hydrogen-bond acceptors (Lipinski definition) is 4. The molecule has 96 valence electrons. The molecule has 0 bridgehead atoms. The molecule has 0 heterocycles. The Labute approximate surface area is 108 Å². The van der Waals surface area contributed by atoms with Crippen LogP contribution in [0, 0.1) is 0 Å². The predicted molar refractivity (Wildman–Crippen MR) is 74.1 cm³/mol.